The lowest BCUT2D eigenvalue weighted by molar-refractivity contribution is -0.143. The third-order valence-corrected chi connectivity index (χ3v) is 5.12. The predicted molar refractivity (Wildman–Crippen MR) is 85.1 cm³/mol. The molecule has 1 heterocycles. The van der Waals surface area contributed by atoms with Gasteiger partial charge in [-0.1, -0.05) is 24.6 Å². The van der Waals surface area contributed by atoms with E-state index in [0.29, 0.717) is 24.3 Å². The molecule has 1 N–H and O–H groups in total. The van der Waals surface area contributed by atoms with Gasteiger partial charge in [0.2, 0.25) is 0 Å². The van der Waals surface area contributed by atoms with Crippen molar-refractivity contribution in [3.63, 3.8) is 0 Å². The zero-order valence-corrected chi connectivity index (χ0v) is 13.6. The van der Waals surface area contributed by atoms with Crippen molar-refractivity contribution in [1.29, 1.82) is 0 Å². The second kappa shape index (κ2) is 5.96. The summed E-state index contributed by atoms with van der Waals surface area (Å²) in [6.07, 6.45) is 3.30. The topological polar surface area (TPSA) is 66.8 Å². The summed E-state index contributed by atoms with van der Waals surface area (Å²) in [6.45, 7) is 4.21. The van der Waals surface area contributed by atoms with Crippen LogP contribution in [0.25, 0.3) is 0 Å². The average Bonchev–Trinajstić information content (AvgIpc) is 2.90. The lowest BCUT2D eigenvalue weighted by Gasteiger charge is -2.42. The van der Waals surface area contributed by atoms with Crippen LogP contribution in [0, 0.1) is 12.8 Å². The summed E-state index contributed by atoms with van der Waals surface area (Å²) in [7, 11) is 0. The molecule has 1 atom stereocenters. The second-order valence-electron chi connectivity index (χ2n) is 6.83. The summed E-state index contributed by atoms with van der Waals surface area (Å²) in [4.78, 5) is 26.1. The van der Waals surface area contributed by atoms with Crippen LogP contribution in [-0.2, 0) is 9.53 Å². The molecular formula is C18H23NO4. The van der Waals surface area contributed by atoms with E-state index in [1.54, 1.807) is 12.1 Å². The van der Waals surface area contributed by atoms with Crippen molar-refractivity contribution in [3.8, 4) is 0 Å². The molecule has 1 saturated heterocycles. The van der Waals surface area contributed by atoms with E-state index in [1.807, 2.05) is 19.1 Å². The molecule has 1 spiro atoms. The van der Waals surface area contributed by atoms with Gasteiger partial charge in [0, 0.05) is 5.56 Å². The highest BCUT2D eigenvalue weighted by Crippen LogP contribution is 2.43. The summed E-state index contributed by atoms with van der Waals surface area (Å²) in [6, 6.07) is 6.35. The molecule has 1 aliphatic heterocycles. The Morgan fingerprint density at radius 2 is 1.83 bits per heavy atom. The van der Waals surface area contributed by atoms with Crippen molar-refractivity contribution in [1.82, 2.24) is 4.90 Å². The van der Waals surface area contributed by atoms with Crippen LogP contribution >= 0.6 is 0 Å². The number of amides is 1. The number of nitrogens with zero attached hydrogens (tertiary/aromatic N) is 1. The summed E-state index contributed by atoms with van der Waals surface area (Å²) in [5, 5.41) is 9.52. The zero-order chi connectivity index (χ0) is 16.6. The number of ether oxygens (including phenoxy) is 1. The van der Waals surface area contributed by atoms with Gasteiger partial charge in [0.15, 0.2) is 6.04 Å². The van der Waals surface area contributed by atoms with Crippen LogP contribution in [0.15, 0.2) is 24.3 Å². The number of rotatable bonds is 2. The van der Waals surface area contributed by atoms with Crippen LogP contribution in [0.3, 0.4) is 0 Å². The highest BCUT2D eigenvalue weighted by molar-refractivity contribution is 5.97. The van der Waals surface area contributed by atoms with Crippen LogP contribution in [0.4, 0.5) is 0 Å². The van der Waals surface area contributed by atoms with Crippen molar-refractivity contribution in [2.75, 3.05) is 6.61 Å². The maximum Gasteiger partial charge on any atom is 0.328 e. The number of carboxylic acids is 1. The van der Waals surface area contributed by atoms with Crippen LogP contribution in [-0.4, -0.2) is 40.3 Å². The lowest BCUT2D eigenvalue weighted by atomic mass is 9.83. The Morgan fingerprint density at radius 3 is 2.39 bits per heavy atom. The summed E-state index contributed by atoms with van der Waals surface area (Å²) in [5.41, 5.74) is 0.831. The number of carboxylic acid groups (broad SMARTS) is 1. The van der Waals surface area contributed by atoms with E-state index in [9.17, 15) is 14.7 Å². The third kappa shape index (κ3) is 2.85. The fraction of sp³-hybridized carbons (Fsp3) is 0.556. The molecule has 0 bridgehead atoms. The van der Waals surface area contributed by atoms with Gasteiger partial charge in [-0.05, 0) is 50.7 Å². The number of aliphatic carboxylic acids is 1. The minimum Gasteiger partial charge on any atom is -0.480 e. The fourth-order valence-electron chi connectivity index (χ4n) is 3.60. The summed E-state index contributed by atoms with van der Waals surface area (Å²) in [5.74, 6) is -0.658. The van der Waals surface area contributed by atoms with Crippen molar-refractivity contribution >= 4 is 11.9 Å². The van der Waals surface area contributed by atoms with Gasteiger partial charge in [0.1, 0.15) is 5.72 Å². The molecule has 1 aromatic rings. The van der Waals surface area contributed by atoms with Gasteiger partial charge in [-0.2, -0.15) is 0 Å². The largest absolute Gasteiger partial charge is 0.480 e. The Labute approximate surface area is 136 Å². The Kier molecular flexibility index (Phi) is 4.15. The van der Waals surface area contributed by atoms with E-state index in [0.717, 1.165) is 18.4 Å². The van der Waals surface area contributed by atoms with Gasteiger partial charge in [-0.15, -0.1) is 0 Å². The Morgan fingerprint density at radius 1 is 1.22 bits per heavy atom. The first kappa shape index (κ1) is 16.0. The molecule has 0 radical (unpaired) electrons. The second-order valence-corrected chi connectivity index (χ2v) is 6.83. The molecule has 1 aromatic carbocycles. The lowest BCUT2D eigenvalue weighted by Crippen LogP contribution is -2.55. The summed E-state index contributed by atoms with van der Waals surface area (Å²) >= 11 is 0. The number of benzene rings is 1. The smallest absolute Gasteiger partial charge is 0.328 e. The normalized spacial score (nSPS) is 30.6. The van der Waals surface area contributed by atoms with E-state index < -0.39 is 17.7 Å². The van der Waals surface area contributed by atoms with Gasteiger partial charge in [-0.3, -0.25) is 9.69 Å². The fourth-order valence-corrected chi connectivity index (χ4v) is 3.60. The molecular weight excluding hydrogens is 294 g/mol. The molecule has 0 aromatic heterocycles. The molecule has 2 aliphatic rings. The molecule has 1 saturated carbocycles. The zero-order valence-electron chi connectivity index (χ0n) is 13.6. The minimum atomic E-state index is -0.999. The predicted octanol–water partition coefficient (Wildman–Crippen LogP) is 2.83. The van der Waals surface area contributed by atoms with Gasteiger partial charge in [0.05, 0.1) is 6.61 Å². The Balaban J connectivity index is 1.94. The van der Waals surface area contributed by atoms with Crippen molar-refractivity contribution in [2.45, 2.75) is 51.3 Å². The Bertz CT molecular complexity index is 602. The third-order valence-electron chi connectivity index (χ3n) is 5.12. The van der Waals surface area contributed by atoms with Crippen molar-refractivity contribution in [3.05, 3.63) is 35.4 Å². The molecule has 124 valence electrons. The highest BCUT2D eigenvalue weighted by Gasteiger charge is 2.53. The van der Waals surface area contributed by atoms with E-state index in [1.165, 1.54) is 4.90 Å². The maximum atomic E-state index is 13.0. The van der Waals surface area contributed by atoms with Crippen LogP contribution in [0.1, 0.15) is 48.5 Å². The SMILES string of the molecule is Cc1ccc(C(=O)N2C(C(=O)O)COC23CCC(C)CC3)cc1. The molecule has 1 aliphatic carbocycles. The minimum absolute atomic E-state index is 0.0707. The number of aryl methyl sites for hydroxylation is 1. The first-order chi connectivity index (χ1) is 10.9. The van der Waals surface area contributed by atoms with E-state index in [4.69, 9.17) is 4.74 Å². The summed E-state index contributed by atoms with van der Waals surface area (Å²) < 4.78 is 5.91. The van der Waals surface area contributed by atoms with Crippen LogP contribution in [0.2, 0.25) is 0 Å². The molecule has 3 rings (SSSR count). The monoisotopic (exact) mass is 317 g/mol. The van der Waals surface area contributed by atoms with Crippen molar-refractivity contribution < 1.29 is 19.4 Å². The molecule has 5 nitrogen and oxygen atoms in total. The molecule has 2 fully saturated rings. The first-order valence-corrected chi connectivity index (χ1v) is 8.20. The van der Waals surface area contributed by atoms with Crippen molar-refractivity contribution in [2.24, 2.45) is 5.92 Å². The van der Waals surface area contributed by atoms with Crippen LogP contribution < -0.4 is 0 Å². The quantitative estimate of drug-likeness (QED) is 0.911. The number of carbonyl (C=O) groups is 2. The number of hydrogen-bond donors (Lipinski definition) is 1. The number of carbonyl (C=O) groups excluding carboxylic acids is 1. The van der Waals surface area contributed by atoms with E-state index >= 15 is 0 Å². The molecule has 5 heteroatoms. The standard InChI is InChI=1S/C18H23NO4/c1-12-3-5-14(6-4-12)16(20)19-15(17(21)22)11-23-18(19)9-7-13(2)8-10-18/h3-6,13,15H,7-11H2,1-2H3,(H,21,22). The van der Waals surface area contributed by atoms with Gasteiger partial charge in [-0.25, -0.2) is 4.79 Å². The Hall–Kier alpha value is -1.88. The van der Waals surface area contributed by atoms with E-state index in [-0.39, 0.29) is 12.5 Å². The average molecular weight is 317 g/mol. The maximum absolute atomic E-state index is 13.0. The number of hydrogen-bond acceptors (Lipinski definition) is 3. The van der Waals surface area contributed by atoms with Crippen LogP contribution in [0.5, 0.6) is 0 Å². The van der Waals surface area contributed by atoms with Gasteiger partial charge < -0.3 is 9.84 Å². The van der Waals surface area contributed by atoms with Gasteiger partial charge in [0.25, 0.3) is 5.91 Å². The highest BCUT2D eigenvalue weighted by atomic mass is 16.5. The van der Waals surface area contributed by atoms with Gasteiger partial charge >= 0.3 is 5.97 Å². The first-order valence-electron chi connectivity index (χ1n) is 8.20. The molecule has 1 amide bonds. The molecule has 1 unspecified atom stereocenters. The molecule has 23 heavy (non-hydrogen) atoms. The van der Waals surface area contributed by atoms with E-state index in [2.05, 4.69) is 6.92 Å².